The van der Waals surface area contributed by atoms with Gasteiger partial charge in [-0.15, -0.1) is 0 Å². The number of hydrogen-bond donors (Lipinski definition) is 1. The summed E-state index contributed by atoms with van der Waals surface area (Å²) in [6, 6.07) is 9.59. The number of benzene rings is 1. The van der Waals surface area contributed by atoms with E-state index in [-0.39, 0.29) is 13.0 Å². The van der Waals surface area contributed by atoms with E-state index in [2.05, 4.69) is 5.32 Å². The summed E-state index contributed by atoms with van der Waals surface area (Å²) in [5.41, 5.74) is 0.854. The van der Waals surface area contributed by atoms with Crippen LogP contribution in [0, 0.1) is 17.2 Å². The van der Waals surface area contributed by atoms with Gasteiger partial charge >= 0.3 is 12.1 Å². The van der Waals surface area contributed by atoms with Crippen molar-refractivity contribution in [1.82, 2.24) is 10.2 Å². The van der Waals surface area contributed by atoms with Crippen molar-refractivity contribution in [2.75, 3.05) is 13.7 Å². The van der Waals surface area contributed by atoms with Gasteiger partial charge in [-0.05, 0) is 18.4 Å². The average Bonchev–Trinajstić information content (AvgIpc) is 3.20. The van der Waals surface area contributed by atoms with Gasteiger partial charge in [0.1, 0.15) is 18.7 Å². The van der Waals surface area contributed by atoms with Crippen LogP contribution in [0.25, 0.3) is 0 Å². The molecular formula is C20H25N3O5. The van der Waals surface area contributed by atoms with Crippen molar-refractivity contribution in [2.24, 2.45) is 5.92 Å². The Morgan fingerprint density at radius 2 is 2.04 bits per heavy atom. The molecule has 2 amide bonds. The summed E-state index contributed by atoms with van der Waals surface area (Å²) < 4.78 is 10.1. The molecule has 1 N–H and O–H groups in total. The highest BCUT2D eigenvalue weighted by Crippen LogP contribution is 2.20. The van der Waals surface area contributed by atoms with Gasteiger partial charge in [0, 0.05) is 18.9 Å². The Labute approximate surface area is 164 Å². The van der Waals surface area contributed by atoms with Crippen LogP contribution in [0.3, 0.4) is 0 Å². The number of esters is 1. The second kappa shape index (κ2) is 10.3. The van der Waals surface area contributed by atoms with Crippen molar-refractivity contribution in [1.29, 1.82) is 5.26 Å². The fourth-order valence-corrected chi connectivity index (χ4v) is 3.13. The maximum atomic E-state index is 12.7. The Hall–Kier alpha value is -3.08. The van der Waals surface area contributed by atoms with E-state index in [1.54, 1.807) is 6.92 Å². The van der Waals surface area contributed by atoms with Crippen LogP contribution >= 0.6 is 0 Å². The number of rotatable bonds is 7. The second-order valence-electron chi connectivity index (χ2n) is 6.74. The van der Waals surface area contributed by atoms with Gasteiger partial charge in [0.2, 0.25) is 5.91 Å². The minimum absolute atomic E-state index is 0.0908. The largest absolute Gasteiger partial charge is 0.467 e. The lowest BCUT2D eigenvalue weighted by atomic mass is 9.98. The molecule has 1 aliphatic heterocycles. The molecule has 1 aromatic carbocycles. The highest BCUT2D eigenvalue weighted by molar-refractivity contribution is 5.90. The summed E-state index contributed by atoms with van der Waals surface area (Å²) in [6.07, 6.45) is 0.663. The van der Waals surface area contributed by atoms with E-state index < -0.39 is 36.0 Å². The van der Waals surface area contributed by atoms with Gasteiger partial charge < -0.3 is 14.8 Å². The van der Waals surface area contributed by atoms with Crippen LogP contribution < -0.4 is 5.32 Å². The Kier molecular flexibility index (Phi) is 7.81. The topological polar surface area (TPSA) is 109 Å². The van der Waals surface area contributed by atoms with Gasteiger partial charge in [0.15, 0.2) is 0 Å². The molecule has 150 valence electrons. The molecule has 0 aliphatic carbocycles. The Morgan fingerprint density at radius 1 is 1.32 bits per heavy atom. The molecule has 2 rings (SSSR count). The molecule has 1 heterocycles. The summed E-state index contributed by atoms with van der Waals surface area (Å²) in [5.74, 6) is -1.48. The van der Waals surface area contributed by atoms with Crippen LogP contribution in [0.5, 0.6) is 0 Å². The summed E-state index contributed by atoms with van der Waals surface area (Å²) >= 11 is 0. The average molecular weight is 387 g/mol. The van der Waals surface area contributed by atoms with Crippen molar-refractivity contribution < 1.29 is 23.9 Å². The van der Waals surface area contributed by atoms with Gasteiger partial charge in [0.05, 0.1) is 13.2 Å². The number of ether oxygens (including phenoxy) is 2. The van der Waals surface area contributed by atoms with E-state index in [4.69, 9.17) is 14.7 Å². The Bertz CT molecular complexity index is 731. The predicted octanol–water partition coefficient (Wildman–Crippen LogP) is 2.00. The molecule has 1 fully saturated rings. The number of nitriles is 1. The fourth-order valence-electron chi connectivity index (χ4n) is 3.13. The Balaban J connectivity index is 1.99. The van der Waals surface area contributed by atoms with Crippen molar-refractivity contribution in [3.63, 3.8) is 0 Å². The maximum Gasteiger partial charge on any atom is 0.410 e. The van der Waals surface area contributed by atoms with Crippen LogP contribution in [0.15, 0.2) is 30.3 Å². The molecule has 0 bridgehead atoms. The van der Waals surface area contributed by atoms with Gasteiger partial charge in [0.25, 0.3) is 0 Å². The standard InChI is InChI=1S/C20H25N3O5/c1-14(10-11-21)17(19(25)27-2)22-18(24)16-9-6-12-23(16)20(26)28-13-15-7-4-3-5-8-15/h3-5,7-8,14,16-17H,6,9-10,12-13H2,1-2H3,(H,22,24)/t14-,16+,17-/m0/s1. The molecule has 3 atom stereocenters. The SMILES string of the molecule is COC(=O)[C@@H](NC(=O)[C@H]1CCCN1C(=O)OCc1ccccc1)[C@@H](C)CC#N. The van der Waals surface area contributed by atoms with Gasteiger partial charge in [-0.1, -0.05) is 37.3 Å². The first-order valence-corrected chi connectivity index (χ1v) is 9.20. The van der Waals surface area contributed by atoms with Crippen molar-refractivity contribution in [3.8, 4) is 6.07 Å². The first-order chi connectivity index (χ1) is 13.5. The monoisotopic (exact) mass is 387 g/mol. The van der Waals surface area contributed by atoms with E-state index >= 15 is 0 Å². The third kappa shape index (κ3) is 5.46. The molecular weight excluding hydrogens is 362 g/mol. The molecule has 0 aromatic heterocycles. The summed E-state index contributed by atoms with van der Waals surface area (Å²) in [5, 5.41) is 11.5. The van der Waals surface area contributed by atoms with Crippen LogP contribution in [-0.2, 0) is 25.7 Å². The van der Waals surface area contributed by atoms with Crippen molar-refractivity contribution in [3.05, 3.63) is 35.9 Å². The van der Waals surface area contributed by atoms with Gasteiger partial charge in [-0.3, -0.25) is 9.69 Å². The minimum Gasteiger partial charge on any atom is -0.467 e. The van der Waals surface area contributed by atoms with E-state index in [0.717, 1.165) is 5.56 Å². The van der Waals surface area contributed by atoms with E-state index in [1.807, 2.05) is 36.4 Å². The number of carbonyl (C=O) groups is 3. The van der Waals surface area contributed by atoms with E-state index in [0.29, 0.717) is 19.4 Å². The molecule has 0 radical (unpaired) electrons. The smallest absolute Gasteiger partial charge is 0.410 e. The Morgan fingerprint density at radius 3 is 2.68 bits per heavy atom. The zero-order chi connectivity index (χ0) is 20.5. The lowest BCUT2D eigenvalue weighted by molar-refractivity contribution is -0.147. The van der Waals surface area contributed by atoms with Crippen LogP contribution in [0.1, 0.15) is 31.7 Å². The summed E-state index contributed by atoms with van der Waals surface area (Å²) in [7, 11) is 1.23. The maximum absolute atomic E-state index is 12.7. The molecule has 8 nitrogen and oxygen atoms in total. The molecule has 8 heteroatoms. The lowest BCUT2D eigenvalue weighted by Gasteiger charge is -2.27. The zero-order valence-corrected chi connectivity index (χ0v) is 16.1. The molecule has 1 saturated heterocycles. The van der Waals surface area contributed by atoms with Crippen LogP contribution in [0.2, 0.25) is 0 Å². The number of amides is 2. The van der Waals surface area contributed by atoms with Crippen molar-refractivity contribution in [2.45, 2.75) is 44.9 Å². The molecule has 1 aromatic rings. The quantitative estimate of drug-likeness (QED) is 0.717. The number of hydrogen-bond acceptors (Lipinski definition) is 6. The molecule has 0 spiro atoms. The molecule has 28 heavy (non-hydrogen) atoms. The molecule has 0 saturated carbocycles. The normalized spacial score (nSPS) is 17.9. The zero-order valence-electron chi connectivity index (χ0n) is 16.1. The third-order valence-electron chi connectivity index (χ3n) is 4.73. The van der Waals surface area contributed by atoms with Crippen molar-refractivity contribution >= 4 is 18.0 Å². The number of likely N-dealkylation sites (tertiary alicyclic amines) is 1. The lowest BCUT2D eigenvalue weighted by Crippen LogP contribution is -2.53. The first-order valence-electron chi connectivity index (χ1n) is 9.20. The highest BCUT2D eigenvalue weighted by Gasteiger charge is 2.38. The molecule has 1 aliphatic rings. The van der Waals surface area contributed by atoms with Gasteiger partial charge in [-0.25, -0.2) is 9.59 Å². The fraction of sp³-hybridized carbons (Fsp3) is 0.500. The summed E-state index contributed by atoms with van der Waals surface area (Å²) in [6.45, 7) is 2.21. The van der Waals surface area contributed by atoms with Crippen LogP contribution in [-0.4, -0.2) is 48.6 Å². The predicted molar refractivity (Wildman–Crippen MR) is 99.7 cm³/mol. The third-order valence-corrected chi connectivity index (χ3v) is 4.73. The number of nitrogens with one attached hydrogen (secondary N) is 1. The molecule has 0 unspecified atom stereocenters. The van der Waals surface area contributed by atoms with Gasteiger partial charge in [-0.2, -0.15) is 5.26 Å². The second-order valence-corrected chi connectivity index (χ2v) is 6.74. The number of nitrogens with zero attached hydrogens (tertiary/aromatic N) is 2. The summed E-state index contributed by atoms with van der Waals surface area (Å²) in [4.78, 5) is 38.5. The number of carbonyl (C=O) groups excluding carboxylic acids is 3. The van der Waals surface area contributed by atoms with E-state index in [9.17, 15) is 14.4 Å². The minimum atomic E-state index is -0.945. The first kappa shape index (κ1) is 21.2. The highest BCUT2D eigenvalue weighted by atomic mass is 16.6. The number of methoxy groups -OCH3 is 1. The van der Waals surface area contributed by atoms with Crippen LogP contribution in [0.4, 0.5) is 4.79 Å². The van der Waals surface area contributed by atoms with E-state index in [1.165, 1.54) is 12.0 Å².